The van der Waals surface area contributed by atoms with Gasteiger partial charge in [-0.1, -0.05) is 0 Å². The summed E-state index contributed by atoms with van der Waals surface area (Å²) in [6.07, 6.45) is -13.4. The van der Waals surface area contributed by atoms with Gasteiger partial charge in [0.15, 0.2) is 41.0 Å². The van der Waals surface area contributed by atoms with E-state index in [2.05, 4.69) is 0 Å². The smallest absolute Gasteiger partial charge is 0.348 e. The van der Waals surface area contributed by atoms with Gasteiger partial charge in [0.05, 0.1) is 36.0 Å². The van der Waals surface area contributed by atoms with Crippen molar-refractivity contribution in [2.75, 3.05) is 6.61 Å². The molecule has 246 valence electrons. The SMILES string of the molecule is O=C1CC(C(=O)O)C2c3c(cc(O)c(O)c3O)C(=O)OC3C(OC(=O)c4cc(O)c(O)c(O)c4)OC(CO)C(OC(=O)C2O1)C3O. The molecule has 3 aliphatic rings. The Kier molecular flexibility index (Phi) is 8.15. The summed E-state index contributed by atoms with van der Waals surface area (Å²) < 4.78 is 26.3. The maximum Gasteiger partial charge on any atom is 0.348 e. The van der Waals surface area contributed by atoms with E-state index in [0.717, 1.165) is 0 Å². The Morgan fingerprint density at radius 1 is 0.848 bits per heavy atom. The first-order valence-electron chi connectivity index (χ1n) is 13.2. The fourth-order valence-corrected chi connectivity index (χ4v) is 5.43. The van der Waals surface area contributed by atoms with Crippen LogP contribution in [0.3, 0.4) is 0 Å². The molecule has 0 spiro atoms. The first kappa shape index (κ1) is 31.9. The molecular weight excluding hydrogens is 628 g/mol. The van der Waals surface area contributed by atoms with Crippen LogP contribution in [0.2, 0.25) is 0 Å². The first-order valence-corrected chi connectivity index (χ1v) is 13.2. The summed E-state index contributed by atoms with van der Waals surface area (Å²) in [6, 6.07) is 1.87. The number of aliphatic hydroxyl groups excluding tert-OH is 2. The van der Waals surface area contributed by atoms with Crippen molar-refractivity contribution in [1.82, 2.24) is 0 Å². The highest BCUT2D eigenvalue weighted by atomic mass is 16.7. The quantitative estimate of drug-likeness (QED) is 0.102. The normalized spacial score (nSPS) is 29.1. The van der Waals surface area contributed by atoms with E-state index < -0.39 is 143 Å². The minimum absolute atomic E-state index is 0.523. The van der Waals surface area contributed by atoms with Crippen molar-refractivity contribution in [2.45, 2.75) is 49.1 Å². The Bertz CT molecular complexity index is 1610. The molecular formula is C27H24O19. The van der Waals surface area contributed by atoms with E-state index in [1.807, 2.05) is 0 Å². The van der Waals surface area contributed by atoms with Crippen molar-refractivity contribution in [3.8, 4) is 34.5 Å². The second-order valence-electron chi connectivity index (χ2n) is 10.4. The van der Waals surface area contributed by atoms with Crippen LogP contribution in [0.15, 0.2) is 18.2 Å². The molecule has 0 amide bonds. The topological polar surface area (TPSA) is 314 Å². The van der Waals surface area contributed by atoms with Crippen LogP contribution in [0.5, 0.6) is 34.5 Å². The lowest BCUT2D eigenvalue weighted by Crippen LogP contribution is -2.62. The maximum absolute atomic E-state index is 13.6. The number of fused-ring (bicyclic) bond motifs is 5. The molecule has 5 rings (SSSR count). The van der Waals surface area contributed by atoms with E-state index in [1.54, 1.807) is 0 Å². The van der Waals surface area contributed by atoms with Crippen molar-refractivity contribution in [2.24, 2.45) is 5.92 Å². The molecule has 2 bridgehead atoms. The molecule has 8 unspecified atom stereocenters. The number of carbonyl (C=O) groups excluding carboxylic acids is 4. The van der Waals surface area contributed by atoms with Crippen LogP contribution in [0, 0.1) is 5.92 Å². The number of aliphatic hydroxyl groups is 2. The average Bonchev–Trinajstić information content (AvgIpc) is 3.01. The number of hydrogen-bond acceptors (Lipinski definition) is 18. The van der Waals surface area contributed by atoms with Gasteiger partial charge in [-0.2, -0.15) is 0 Å². The minimum atomic E-state index is -2.25. The largest absolute Gasteiger partial charge is 0.504 e. The Labute approximate surface area is 254 Å². The third kappa shape index (κ3) is 5.35. The van der Waals surface area contributed by atoms with E-state index in [0.29, 0.717) is 18.2 Å². The lowest BCUT2D eigenvalue weighted by atomic mass is 9.76. The first-order chi connectivity index (χ1) is 21.6. The van der Waals surface area contributed by atoms with Gasteiger partial charge in [0, 0.05) is 5.56 Å². The number of rotatable bonds is 4. The number of phenolic OH excluding ortho intramolecular Hbond substituents is 6. The molecule has 19 heteroatoms. The van der Waals surface area contributed by atoms with Gasteiger partial charge < -0.3 is 69.6 Å². The van der Waals surface area contributed by atoms with Gasteiger partial charge in [-0.05, 0) is 18.2 Å². The van der Waals surface area contributed by atoms with E-state index in [9.17, 15) is 69.9 Å². The number of benzene rings is 2. The van der Waals surface area contributed by atoms with Crippen LogP contribution in [0.1, 0.15) is 38.6 Å². The second-order valence-corrected chi connectivity index (χ2v) is 10.4. The molecule has 3 aliphatic heterocycles. The lowest BCUT2D eigenvalue weighted by molar-refractivity contribution is -0.289. The highest BCUT2D eigenvalue weighted by molar-refractivity contribution is 5.96. The second kappa shape index (κ2) is 11.8. The summed E-state index contributed by atoms with van der Waals surface area (Å²) in [5, 5.41) is 91.5. The number of hydrogen-bond donors (Lipinski definition) is 9. The summed E-state index contributed by atoms with van der Waals surface area (Å²) >= 11 is 0. The summed E-state index contributed by atoms with van der Waals surface area (Å²) in [7, 11) is 0. The van der Waals surface area contributed by atoms with Crippen LogP contribution in [-0.2, 0) is 38.1 Å². The lowest BCUT2D eigenvalue weighted by Gasteiger charge is -2.42. The predicted molar refractivity (Wildman–Crippen MR) is 137 cm³/mol. The van der Waals surface area contributed by atoms with Gasteiger partial charge in [-0.25, -0.2) is 14.4 Å². The van der Waals surface area contributed by atoms with Crippen LogP contribution in [-0.4, -0.2) is 119 Å². The van der Waals surface area contributed by atoms with Gasteiger partial charge in [0.25, 0.3) is 0 Å². The number of phenols is 6. The molecule has 0 radical (unpaired) electrons. The number of aliphatic carboxylic acids is 1. The molecule has 0 aliphatic carbocycles. The number of carboxylic acids is 1. The highest BCUT2D eigenvalue weighted by Crippen LogP contribution is 2.49. The molecule has 46 heavy (non-hydrogen) atoms. The summed E-state index contributed by atoms with van der Waals surface area (Å²) in [4.78, 5) is 64.6. The van der Waals surface area contributed by atoms with E-state index in [-0.39, 0.29) is 0 Å². The molecule has 2 aromatic carbocycles. The molecule has 2 fully saturated rings. The predicted octanol–water partition coefficient (Wildman–Crippen LogP) is -1.59. The van der Waals surface area contributed by atoms with Crippen molar-refractivity contribution >= 4 is 29.8 Å². The fraction of sp³-hybridized carbons (Fsp3) is 0.370. The molecule has 19 nitrogen and oxygen atoms in total. The number of aromatic hydroxyl groups is 6. The molecule has 0 aromatic heterocycles. The summed E-state index contributed by atoms with van der Waals surface area (Å²) in [5.41, 5.74) is -2.33. The fourth-order valence-electron chi connectivity index (χ4n) is 5.43. The monoisotopic (exact) mass is 652 g/mol. The number of ether oxygens (including phenoxy) is 5. The van der Waals surface area contributed by atoms with Crippen molar-refractivity contribution in [1.29, 1.82) is 0 Å². The number of esters is 4. The molecule has 2 saturated heterocycles. The summed E-state index contributed by atoms with van der Waals surface area (Å²) in [6.45, 7) is -1.06. The Morgan fingerprint density at radius 3 is 2.09 bits per heavy atom. The van der Waals surface area contributed by atoms with Gasteiger partial charge in [-0.15, -0.1) is 0 Å². The molecule has 8 atom stereocenters. The molecule has 3 heterocycles. The zero-order chi connectivity index (χ0) is 33.8. The Morgan fingerprint density at radius 2 is 1.48 bits per heavy atom. The Hall–Kier alpha value is -5.53. The van der Waals surface area contributed by atoms with Gasteiger partial charge >= 0.3 is 29.8 Å². The zero-order valence-corrected chi connectivity index (χ0v) is 22.9. The number of carboxylic acid groups (broad SMARTS) is 1. The van der Waals surface area contributed by atoms with Crippen LogP contribution in [0.25, 0.3) is 0 Å². The molecule has 2 aromatic rings. The highest BCUT2D eigenvalue weighted by Gasteiger charge is 2.56. The average molecular weight is 652 g/mol. The van der Waals surface area contributed by atoms with Crippen molar-refractivity contribution in [3.63, 3.8) is 0 Å². The Balaban J connectivity index is 1.64. The van der Waals surface area contributed by atoms with Crippen LogP contribution >= 0.6 is 0 Å². The van der Waals surface area contributed by atoms with E-state index in [4.69, 9.17) is 23.7 Å². The van der Waals surface area contributed by atoms with Crippen LogP contribution < -0.4 is 0 Å². The zero-order valence-electron chi connectivity index (χ0n) is 22.9. The van der Waals surface area contributed by atoms with E-state index >= 15 is 0 Å². The van der Waals surface area contributed by atoms with Crippen molar-refractivity contribution < 1.29 is 93.6 Å². The minimum Gasteiger partial charge on any atom is -0.504 e. The number of carbonyl (C=O) groups is 5. The van der Waals surface area contributed by atoms with Crippen LogP contribution in [0.4, 0.5) is 0 Å². The third-order valence-electron chi connectivity index (χ3n) is 7.62. The van der Waals surface area contributed by atoms with Gasteiger partial charge in [0.2, 0.25) is 18.1 Å². The third-order valence-corrected chi connectivity index (χ3v) is 7.62. The molecule has 9 N–H and O–H groups in total. The van der Waals surface area contributed by atoms with Gasteiger partial charge in [-0.3, -0.25) is 9.59 Å². The van der Waals surface area contributed by atoms with Crippen molar-refractivity contribution in [3.05, 3.63) is 34.9 Å². The van der Waals surface area contributed by atoms with E-state index in [1.165, 1.54) is 0 Å². The molecule has 0 saturated carbocycles. The van der Waals surface area contributed by atoms with Gasteiger partial charge in [0.1, 0.15) is 12.2 Å². The maximum atomic E-state index is 13.6. The summed E-state index contributed by atoms with van der Waals surface area (Å²) in [5.74, 6) is -17.9. The standard InChI is InChI=1S/C27H24O19/c28-5-12-20-19(36)22(27(42-12)46-24(39)6-1-9(29)16(33)10(30)2-6)45-25(40)8-3-11(31)17(34)18(35)14(8)15-7(23(37)38)4-13(32)43-21(15)26(41)44-20/h1-3,7,12,15,19-22,27-31,33-36H,4-5H2,(H,37,38).